The SMILES string of the molecule is CCOC(=O)C(=N)P. The van der Waals surface area contributed by atoms with Crippen molar-refractivity contribution in [3.63, 3.8) is 0 Å². The van der Waals surface area contributed by atoms with Gasteiger partial charge in [0.1, 0.15) is 5.45 Å². The molecule has 0 radical (unpaired) electrons. The fraction of sp³-hybridized carbons (Fsp3) is 0.500. The second kappa shape index (κ2) is 3.56. The molecule has 4 heteroatoms. The van der Waals surface area contributed by atoms with Crippen LogP contribution >= 0.6 is 9.24 Å². The Labute approximate surface area is 50.1 Å². The molecule has 1 unspecified atom stereocenters. The monoisotopic (exact) mass is 133 g/mol. The van der Waals surface area contributed by atoms with Gasteiger partial charge in [-0.25, -0.2) is 4.79 Å². The highest BCUT2D eigenvalue weighted by Crippen LogP contribution is 1.88. The van der Waals surface area contributed by atoms with Crippen LogP contribution in [0, 0.1) is 5.41 Å². The summed E-state index contributed by atoms with van der Waals surface area (Å²) in [6, 6.07) is 0. The zero-order chi connectivity index (χ0) is 6.57. The molecule has 0 heterocycles. The van der Waals surface area contributed by atoms with Crippen molar-refractivity contribution in [1.82, 2.24) is 0 Å². The standard InChI is InChI=1S/C4H8NO2P/c1-2-7-4(6)3(5)8/h5H,2,8H2,1H3. The normalized spacial score (nSPS) is 8.25. The molecule has 46 valence electrons. The van der Waals surface area contributed by atoms with Crippen LogP contribution in [0.4, 0.5) is 0 Å². The first-order chi connectivity index (χ1) is 3.68. The number of hydrogen-bond donors (Lipinski definition) is 1. The Kier molecular flexibility index (Phi) is 3.37. The van der Waals surface area contributed by atoms with Gasteiger partial charge in [0.15, 0.2) is 0 Å². The summed E-state index contributed by atoms with van der Waals surface area (Å²) in [6.45, 7) is 2.03. The van der Waals surface area contributed by atoms with E-state index in [4.69, 9.17) is 5.41 Å². The predicted molar refractivity (Wildman–Crippen MR) is 34.1 cm³/mol. The Morgan fingerprint density at radius 1 is 1.88 bits per heavy atom. The molecule has 8 heavy (non-hydrogen) atoms. The minimum atomic E-state index is -0.572. The number of carbonyl (C=O) groups is 1. The van der Waals surface area contributed by atoms with Crippen molar-refractivity contribution < 1.29 is 9.53 Å². The van der Waals surface area contributed by atoms with Gasteiger partial charge in [-0.1, -0.05) is 9.24 Å². The van der Waals surface area contributed by atoms with Crippen LogP contribution in [-0.4, -0.2) is 18.0 Å². The number of rotatable bonds is 2. The molecule has 1 N–H and O–H groups in total. The molecule has 0 rings (SSSR count). The smallest absolute Gasteiger partial charge is 0.355 e. The summed E-state index contributed by atoms with van der Waals surface area (Å²) < 4.78 is 4.42. The lowest BCUT2D eigenvalue weighted by Crippen LogP contribution is -2.09. The van der Waals surface area contributed by atoms with E-state index in [-0.39, 0.29) is 5.45 Å². The third-order valence-corrected chi connectivity index (χ3v) is 0.731. The number of hydrogen-bond acceptors (Lipinski definition) is 3. The molecule has 0 bridgehead atoms. The highest BCUT2D eigenvalue weighted by Gasteiger charge is 2.00. The number of carbonyl (C=O) groups excluding carboxylic acids is 1. The Morgan fingerprint density at radius 2 is 2.38 bits per heavy atom. The summed E-state index contributed by atoms with van der Waals surface area (Å²) in [4.78, 5) is 10.3. The number of esters is 1. The van der Waals surface area contributed by atoms with Crippen LogP contribution in [0.1, 0.15) is 6.92 Å². The average Bonchev–Trinajstić information content (AvgIpc) is 1.67. The topological polar surface area (TPSA) is 50.2 Å². The van der Waals surface area contributed by atoms with Crippen molar-refractivity contribution in [1.29, 1.82) is 5.41 Å². The molecule has 0 saturated heterocycles. The van der Waals surface area contributed by atoms with Gasteiger partial charge in [0.25, 0.3) is 0 Å². The first-order valence-electron chi connectivity index (χ1n) is 2.19. The molecule has 0 aromatic rings. The lowest BCUT2D eigenvalue weighted by Gasteiger charge is -1.95. The van der Waals surface area contributed by atoms with E-state index in [9.17, 15) is 4.79 Å². The number of ether oxygens (including phenoxy) is 1. The Balaban J connectivity index is 3.49. The summed E-state index contributed by atoms with van der Waals surface area (Å²) in [5.74, 6) is -0.572. The van der Waals surface area contributed by atoms with Crippen molar-refractivity contribution in [3.8, 4) is 0 Å². The van der Waals surface area contributed by atoms with Crippen LogP contribution in [0.15, 0.2) is 0 Å². The van der Waals surface area contributed by atoms with Gasteiger partial charge in [-0.2, -0.15) is 0 Å². The Morgan fingerprint density at radius 3 is 2.50 bits per heavy atom. The molecule has 0 aromatic heterocycles. The maximum absolute atomic E-state index is 10.3. The zero-order valence-electron chi connectivity index (χ0n) is 4.60. The van der Waals surface area contributed by atoms with Crippen LogP contribution in [0.3, 0.4) is 0 Å². The first kappa shape index (κ1) is 7.57. The molecule has 0 aromatic carbocycles. The van der Waals surface area contributed by atoms with Crippen molar-refractivity contribution >= 4 is 20.7 Å². The molecular weight excluding hydrogens is 125 g/mol. The van der Waals surface area contributed by atoms with E-state index < -0.39 is 5.97 Å². The molecule has 3 nitrogen and oxygen atoms in total. The molecule has 1 atom stereocenters. The van der Waals surface area contributed by atoms with E-state index in [1.54, 1.807) is 6.92 Å². The summed E-state index contributed by atoms with van der Waals surface area (Å²) >= 11 is 0. The van der Waals surface area contributed by atoms with Gasteiger partial charge in [0.2, 0.25) is 0 Å². The number of nitrogens with one attached hydrogen (secondary N) is 1. The van der Waals surface area contributed by atoms with E-state index >= 15 is 0 Å². The molecule has 0 spiro atoms. The van der Waals surface area contributed by atoms with Gasteiger partial charge in [0.05, 0.1) is 6.61 Å². The summed E-state index contributed by atoms with van der Waals surface area (Å²) in [5.41, 5.74) is -0.133. The van der Waals surface area contributed by atoms with Crippen molar-refractivity contribution in [2.45, 2.75) is 6.92 Å². The van der Waals surface area contributed by atoms with E-state index in [1.807, 2.05) is 9.24 Å². The van der Waals surface area contributed by atoms with Crippen LogP contribution < -0.4 is 0 Å². The summed E-state index contributed by atoms with van der Waals surface area (Å²) in [7, 11) is 1.96. The van der Waals surface area contributed by atoms with Crippen LogP contribution in [-0.2, 0) is 9.53 Å². The zero-order valence-corrected chi connectivity index (χ0v) is 5.76. The molecular formula is C4H8NO2P. The van der Waals surface area contributed by atoms with Crippen LogP contribution in [0.2, 0.25) is 0 Å². The molecule has 0 amide bonds. The van der Waals surface area contributed by atoms with E-state index in [2.05, 4.69) is 4.74 Å². The summed E-state index contributed by atoms with van der Waals surface area (Å²) in [6.07, 6.45) is 0. The largest absolute Gasteiger partial charge is 0.461 e. The van der Waals surface area contributed by atoms with Crippen molar-refractivity contribution in [2.24, 2.45) is 0 Å². The predicted octanol–water partition coefficient (Wildman–Crippen LogP) is 0.402. The second-order valence-electron chi connectivity index (χ2n) is 1.13. The van der Waals surface area contributed by atoms with Crippen LogP contribution in [0.5, 0.6) is 0 Å². The van der Waals surface area contributed by atoms with E-state index in [0.29, 0.717) is 6.61 Å². The van der Waals surface area contributed by atoms with E-state index in [0.717, 1.165) is 0 Å². The molecule has 0 aliphatic carbocycles. The average molecular weight is 133 g/mol. The maximum Gasteiger partial charge on any atom is 0.355 e. The highest BCUT2D eigenvalue weighted by molar-refractivity contribution is 7.45. The molecule has 0 aliphatic rings. The van der Waals surface area contributed by atoms with Gasteiger partial charge in [0, 0.05) is 0 Å². The second-order valence-corrected chi connectivity index (χ2v) is 1.71. The van der Waals surface area contributed by atoms with Crippen LogP contribution in [0.25, 0.3) is 0 Å². The van der Waals surface area contributed by atoms with Gasteiger partial charge in [-0.15, -0.1) is 0 Å². The fourth-order valence-corrected chi connectivity index (χ4v) is 0.292. The Hall–Kier alpha value is -0.430. The van der Waals surface area contributed by atoms with Gasteiger partial charge in [-0.3, -0.25) is 5.41 Å². The first-order valence-corrected chi connectivity index (χ1v) is 2.77. The third-order valence-electron chi connectivity index (χ3n) is 0.495. The van der Waals surface area contributed by atoms with Gasteiger partial charge >= 0.3 is 5.97 Å². The summed E-state index contributed by atoms with van der Waals surface area (Å²) in [5, 5.41) is 6.69. The minimum absolute atomic E-state index is 0.133. The lowest BCUT2D eigenvalue weighted by atomic mass is 10.7. The molecule has 0 aliphatic heterocycles. The maximum atomic E-state index is 10.3. The third kappa shape index (κ3) is 2.69. The van der Waals surface area contributed by atoms with Gasteiger partial charge in [-0.05, 0) is 6.92 Å². The quantitative estimate of drug-likeness (QED) is 0.336. The lowest BCUT2D eigenvalue weighted by molar-refractivity contribution is -0.134. The highest BCUT2D eigenvalue weighted by atomic mass is 31.0. The van der Waals surface area contributed by atoms with Crippen molar-refractivity contribution in [2.75, 3.05) is 6.61 Å². The Bertz CT molecular complexity index is 113. The molecule has 0 fully saturated rings. The van der Waals surface area contributed by atoms with Gasteiger partial charge < -0.3 is 4.74 Å². The van der Waals surface area contributed by atoms with E-state index in [1.165, 1.54) is 0 Å². The molecule has 0 saturated carbocycles. The minimum Gasteiger partial charge on any atom is -0.461 e. The van der Waals surface area contributed by atoms with Crippen molar-refractivity contribution in [3.05, 3.63) is 0 Å². The fourth-order valence-electron chi connectivity index (χ4n) is 0.209.